The summed E-state index contributed by atoms with van der Waals surface area (Å²) in [6, 6.07) is 11.6. The van der Waals surface area contributed by atoms with Crippen LogP contribution >= 0.6 is 12.6 Å². The van der Waals surface area contributed by atoms with E-state index in [1.807, 2.05) is 6.07 Å². The molecule has 38 heavy (non-hydrogen) atoms. The Labute approximate surface area is 228 Å². The first-order valence-corrected chi connectivity index (χ1v) is 12.5. The molecular weight excluding hydrogens is 506 g/mol. The van der Waals surface area contributed by atoms with E-state index in [4.69, 9.17) is 4.74 Å². The first-order valence-electron chi connectivity index (χ1n) is 12.1. The summed E-state index contributed by atoms with van der Waals surface area (Å²) in [5.74, 6) is -2.21. The van der Waals surface area contributed by atoms with Gasteiger partial charge in [0.15, 0.2) is 6.10 Å². The molecule has 2 aromatic rings. The van der Waals surface area contributed by atoms with Gasteiger partial charge in [0.2, 0.25) is 5.91 Å². The predicted molar refractivity (Wildman–Crippen MR) is 148 cm³/mol. The molecular formula is C28H35N3O6S. The van der Waals surface area contributed by atoms with Crippen molar-refractivity contribution in [1.29, 1.82) is 0 Å². The van der Waals surface area contributed by atoms with Crippen molar-refractivity contribution in [3.05, 3.63) is 77.9 Å². The van der Waals surface area contributed by atoms with Gasteiger partial charge in [0, 0.05) is 29.3 Å². The molecule has 0 aliphatic carbocycles. The van der Waals surface area contributed by atoms with E-state index < -0.39 is 46.6 Å². The number of rotatable bonds is 12. The number of esters is 1. The zero-order valence-electron chi connectivity index (χ0n) is 22.0. The molecule has 204 valence electrons. The number of hydrogen-bond acceptors (Lipinski definition) is 7. The molecule has 0 aliphatic heterocycles. The van der Waals surface area contributed by atoms with Gasteiger partial charge in [-0.15, -0.1) is 6.58 Å². The maximum atomic E-state index is 13.3. The summed E-state index contributed by atoms with van der Waals surface area (Å²) in [5, 5.41) is 19.0. The molecule has 3 unspecified atom stereocenters. The molecule has 0 saturated carbocycles. The van der Waals surface area contributed by atoms with Crippen molar-refractivity contribution in [2.45, 2.75) is 57.1 Å². The number of amides is 3. The molecule has 10 heteroatoms. The Kier molecular flexibility index (Phi) is 11.1. The summed E-state index contributed by atoms with van der Waals surface area (Å²) in [6.07, 6.45) is -0.0795. The predicted octanol–water partition coefficient (Wildman–Crippen LogP) is 2.12. The zero-order chi connectivity index (χ0) is 28.5. The van der Waals surface area contributed by atoms with Gasteiger partial charge in [-0.3, -0.25) is 19.2 Å². The van der Waals surface area contributed by atoms with Gasteiger partial charge in [0.25, 0.3) is 11.8 Å². The van der Waals surface area contributed by atoms with E-state index in [9.17, 15) is 24.3 Å². The van der Waals surface area contributed by atoms with Gasteiger partial charge in [0.1, 0.15) is 11.8 Å². The van der Waals surface area contributed by atoms with Crippen molar-refractivity contribution >= 4 is 36.3 Å². The highest BCUT2D eigenvalue weighted by Crippen LogP contribution is 2.22. The van der Waals surface area contributed by atoms with Gasteiger partial charge in [-0.1, -0.05) is 42.5 Å². The highest BCUT2D eigenvalue weighted by molar-refractivity contribution is 7.81. The molecule has 3 atom stereocenters. The SMILES string of the molecule is C=CCNC(=O)C(NC(=O)C(O)C(Cc1ccccc1)NC(=O)c1cccc(OC(C)=O)c1C)C(C)(C)S. The first-order chi connectivity index (χ1) is 17.8. The molecule has 0 bridgehead atoms. The summed E-state index contributed by atoms with van der Waals surface area (Å²) in [6.45, 7) is 9.95. The minimum atomic E-state index is -1.71. The van der Waals surface area contributed by atoms with Crippen LogP contribution < -0.4 is 20.7 Å². The second-order valence-electron chi connectivity index (χ2n) is 9.37. The topological polar surface area (TPSA) is 134 Å². The smallest absolute Gasteiger partial charge is 0.308 e. The van der Waals surface area contributed by atoms with E-state index in [2.05, 4.69) is 35.2 Å². The number of aliphatic hydroxyl groups is 1. The van der Waals surface area contributed by atoms with Gasteiger partial charge in [-0.25, -0.2) is 0 Å². The van der Waals surface area contributed by atoms with Gasteiger partial charge < -0.3 is 25.8 Å². The number of hydrogen-bond donors (Lipinski definition) is 5. The largest absolute Gasteiger partial charge is 0.426 e. The first kappa shape index (κ1) is 30.6. The molecule has 0 aromatic heterocycles. The van der Waals surface area contributed by atoms with Crippen LogP contribution in [0.2, 0.25) is 0 Å². The maximum absolute atomic E-state index is 13.3. The van der Waals surface area contributed by atoms with E-state index in [-0.39, 0.29) is 24.3 Å². The lowest BCUT2D eigenvalue weighted by Gasteiger charge is -2.31. The molecule has 4 N–H and O–H groups in total. The van der Waals surface area contributed by atoms with Crippen molar-refractivity contribution in [3.63, 3.8) is 0 Å². The third-order valence-electron chi connectivity index (χ3n) is 5.72. The summed E-state index contributed by atoms with van der Waals surface area (Å²) in [5.41, 5.74) is 1.41. The Morgan fingerprint density at radius 3 is 2.29 bits per heavy atom. The van der Waals surface area contributed by atoms with E-state index in [1.54, 1.807) is 63.2 Å². The Balaban J connectivity index is 2.33. The fraction of sp³-hybridized carbons (Fsp3) is 0.357. The van der Waals surface area contributed by atoms with Crippen LogP contribution in [0.4, 0.5) is 0 Å². The van der Waals surface area contributed by atoms with Crippen LogP contribution in [0, 0.1) is 6.92 Å². The number of thiol groups is 1. The average Bonchev–Trinajstić information content (AvgIpc) is 2.85. The molecule has 9 nitrogen and oxygen atoms in total. The van der Waals surface area contributed by atoms with Crippen LogP contribution in [-0.2, 0) is 20.8 Å². The van der Waals surface area contributed by atoms with Crippen molar-refractivity contribution < 1.29 is 29.0 Å². The summed E-state index contributed by atoms with van der Waals surface area (Å²) in [4.78, 5) is 50.5. The van der Waals surface area contributed by atoms with Gasteiger partial charge in [-0.2, -0.15) is 12.6 Å². The minimum absolute atomic E-state index is 0.126. The Morgan fingerprint density at radius 1 is 1.05 bits per heavy atom. The van der Waals surface area contributed by atoms with Crippen molar-refractivity contribution in [3.8, 4) is 5.75 Å². The number of benzene rings is 2. The van der Waals surface area contributed by atoms with Crippen molar-refractivity contribution in [1.82, 2.24) is 16.0 Å². The highest BCUT2D eigenvalue weighted by Gasteiger charge is 2.37. The number of carbonyl (C=O) groups excluding carboxylic acids is 4. The highest BCUT2D eigenvalue weighted by atomic mass is 32.1. The maximum Gasteiger partial charge on any atom is 0.308 e. The van der Waals surface area contributed by atoms with E-state index in [0.29, 0.717) is 5.56 Å². The number of aliphatic hydroxyl groups excluding tert-OH is 1. The fourth-order valence-corrected chi connectivity index (χ4v) is 3.91. The number of nitrogens with one attached hydrogen (secondary N) is 3. The van der Waals surface area contributed by atoms with Crippen LogP contribution in [-0.4, -0.2) is 58.3 Å². The lowest BCUT2D eigenvalue weighted by Crippen LogP contribution is -2.60. The number of ether oxygens (including phenoxy) is 1. The quantitative estimate of drug-likeness (QED) is 0.121. The van der Waals surface area contributed by atoms with Crippen LogP contribution in [0.1, 0.15) is 42.3 Å². The van der Waals surface area contributed by atoms with Crippen LogP contribution in [0.15, 0.2) is 61.2 Å². The molecule has 2 aromatic carbocycles. The molecule has 0 heterocycles. The summed E-state index contributed by atoms with van der Waals surface area (Å²) >= 11 is 4.45. The molecule has 0 fully saturated rings. The van der Waals surface area contributed by atoms with E-state index in [0.717, 1.165) is 5.56 Å². The van der Waals surface area contributed by atoms with Gasteiger partial charge in [-0.05, 0) is 44.9 Å². The van der Waals surface area contributed by atoms with E-state index >= 15 is 0 Å². The molecule has 0 spiro atoms. The molecule has 0 saturated heterocycles. The van der Waals surface area contributed by atoms with Crippen LogP contribution in [0.3, 0.4) is 0 Å². The molecule has 3 amide bonds. The molecule has 2 rings (SSSR count). The Morgan fingerprint density at radius 2 is 1.71 bits per heavy atom. The Bertz CT molecular complexity index is 1160. The van der Waals surface area contributed by atoms with Crippen molar-refractivity contribution in [2.75, 3.05) is 6.54 Å². The standard InChI is InChI=1S/C28H35N3O6S/c1-6-15-29-27(36)24(28(4,5)38)31-26(35)23(33)21(16-19-11-8-7-9-12-19)30-25(34)20-13-10-14-22(17(20)2)37-18(3)32/h6-14,21,23-24,33,38H,1,15-16H2,2-5H3,(H,29,36)(H,30,34)(H,31,35). The van der Waals surface area contributed by atoms with Gasteiger partial charge in [0.05, 0.1) is 6.04 Å². The summed E-state index contributed by atoms with van der Waals surface area (Å²) < 4.78 is 4.20. The second-order valence-corrected chi connectivity index (χ2v) is 10.5. The van der Waals surface area contributed by atoms with Gasteiger partial charge >= 0.3 is 5.97 Å². The normalized spacial score (nSPS) is 13.4. The molecule has 0 aliphatic rings. The number of carbonyl (C=O) groups is 4. The molecule has 0 radical (unpaired) electrons. The fourth-order valence-electron chi connectivity index (χ4n) is 3.73. The summed E-state index contributed by atoms with van der Waals surface area (Å²) in [7, 11) is 0. The third-order valence-corrected chi connectivity index (χ3v) is 5.98. The van der Waals surface area contributed by atoms with Crippen LogP contribution in [0.25, 0.3) is 0 Å². The van der Waals surface area contributed by atoms with E-state index in [1.165, 1.54) is 13.0 Å². The third kappa shape index (κ3) is 8.74. The monoisotopic (exact) mass is 541 g/mol. The Hall–Kier alpha value is -3.63. The second kappa shape index (κ2) is 13.8. The average molecular weight is 542 g/mol. The minimum Gasteiger partial charge on any atom is -0.426 e. The van der Waals surface area contributed by atoms with Crippen molar-refractivity contribution in [2.24, 2.45) is 0 Å². The zero-order valence-corrected chi connectivity index (χ0v) is 22.9. The van der Waals surface area contributed by atoms with Crippen LogP contribution in [0.5, 0.6) is 5.75 Å². The lowest BCUT2D eigenvalue weighted by atomic mass is 9.97. The lowest BCUT2D eigenvalue weighted by molar-refractivity contribution is -0.135.